The maximum Gasteiger partial charge on any atom is 0.165 e. The van der Waals surface area contributed by atoms with Crippen LogP contribution < -0.4 is 5.48 Å². The Hall–Kier alpha value is -2.31. The molecule has 0 unspecified atom stereocenters. The summed E-state index contributed by atoms with van der Waals surface area (Å²) in [6.45, 7) is 2.53. The molecule has 0 saturated carbocycles. The average Bonchev–Trinajstić information content (AvgIpc) is 2.98. The van der Waals surface area contributed by atoms with Crippen molar-refractivity contribution >= 4 is 33.7 Å². The normalized spacial score (nSPS) is 11.3. The summed E-state index contributed by atoms with van der Waals surface area (Å²) in [5.41, 5.74) is 5.04. The second-order valence-corrected chi connectivity index (χ2v) is 5.38. The highest BCUT2D eigenvalue weighted by molar-refractivity contribution is 7.16. The van der Waals surface area contributed by atoms with Gasteiger partial charge in [-0.25, -0.2) is 15.0 Å². The predicted octanol–water partition coefficient (Wildman–Crippen LogP) is 3.38. The van der Waals surface area contributed by atoms with Crippen LogP contribution >= 0.6 is 11.3 Å². The minimum atomic E-state index is 0.476. The Morgan fingerprint density at radius 3 is 2.95 bits per heavy atom. The van der Waals surface area contributed by atoms with Crippen LogP contribution in [0.4, 0.5) is 5.82 Å². The van der Waals surface area contributed by atoms with Gasteiger partial charge in [0.1, 0.15) is 17.5 Å². The molecule has 1 aromatic carbocycles. The molecular formula is C15H14N4OS. The van der Waals surface area contributed by atoms with Gasteiger partial charge in [-0.15, -0.1) is 11.3 Å². The Balaban J connectivity index is 1.55. The first-order chi connectivity index (χ1) is 10.3. The van der Waals surface area contributed by atoms with Crippen LogP contribution in [-0.2, 0) is 11.4 Å². The van der Waals surface area contributed by atoms with Crippen LogP contribution in [0.25, 0.3) is 10.2 Å². The zero-order valence-corrected chi connectivity index (χ0v) is 12.3. The molecule has 0 spiro atoms. The molecule has 0 aliphatic heterocycles. The zero-order valence-electron chi connectivity index (χ0n) is 11.5. The molecule has 3 rings (SSSR count). The van der Waals surface area contributed by atoms with Crippen LogP contribution in [0.5, 0.6) is 0 Å². The molecular weight excluding hydrogens is 284 g/mol. The minimum Gasteiger partial charge on any atom is -0.270 e. The van der Waals surface area contributed by atoms with E-state index in [1.165, 1.54) is 18.2 Å². The zero-order chi connectivity index (χ0) is 14.5. The average molecular weight is 298 g/mol. The van der Waals surface area contributed by atoms with Crippen molar-refractivity contribution in [2.75, 3.05) is 0 Å². The Labute approximate surface area is 126 Å². The largest absolute Gasteiger partial charge is 0.270 e. The minimum absolute atomic E-state index is 0.476. The molecule has 0 saturated heterocycles. The molecule has 0 fully saturated rings. The molecule has 0 aliphatic rings. The molecule has 0 atom stereocenters. The van der Waals surface area contributed by atoms with E-state index in [1.54, 1.807) is 11.3 Å². The van der Waals surface area contributed by atoms with Gasteiger partial charge in [-0.1, -0.05) is 29.8 Å². The molecule has 106 valence electrons. The van der Waals surface area contributed by atoms with Crippen molar-refractivity contribution in [2.24, 2.45) is 4.99 Å². The van der Waals surface area contributed by atoms with Crippen LogP contribution in [0.1, 0.15) is 11.1 Å². The number of aliphatic imine (C=N–C) groups is 1. The van der Waals surface area contributed by atoms with Gasteiger partial charge in [-0.2, -0.15) is 0 Å². The van der Waals surface area contributed by atoms with Crippen molar-refractivity contribution in [3.63, 3.8) is 0 Å². The van der Waals surface area contributed by atoms with E-state index < -0.39 is 0 Å². The molecule has 2 aromatic heterocycles. The number of thiophene rings is 1. The highest BCUT2D eigenvalue weighted by atomic mass is 32.1. The fraction of sp³-hybridized carbons (Fsp3) is 0.133. The number of fused-ring (bicyclic) bond motifs is 1. The SMILES string of the molecule is Cc1ccc(CONC=Nc2ncnc3sccc23)cc1. The Bertz CT molecular complexity index is 752. The summed E-state index contributed by atoms with van der Waals surface area (Å²) >= 11 is 1.57. The molecule has 0 aliphatic carbocycles. The number of rotatable bonds is 5. The second kappa shape index (κ2) is 6.43. The summed E-state index contributed by atoms with van der Waals surface area (Å²) in [4.78, 5) is 18.8. The lowest BCUT2D eigenvalue weighted by atomic mass is 10.2. The van der Waals surface area contributed by atoms with E-state index in [-0.39, 0.29) is 0 Å². The maximum atomic E-state index is 5.33. The first-order valence-electron chi connectivity index (χ1n) is 6.46. The molecule has 0 radical (unpaired) electrons. The highest BCUT2D eigenvalue weighted by Crippen LogP contribution is 2.25. The van der Waals surface area contributed by atoms with Crippen LogP contribution in [0.15, 0.2) is 47.0 Å². The lowest BCUT2D eigenvalue weighted by molar-refractivity contribution is 0.0745. The summed E-state index contributed by atoms with van der Waals surface area (Å²) in [6, 6.07) is 10.1. The number of aromatic nitrogens is 2. The Kier molecular flexibility index (Phi) is 4.18. The molecule has 2 heterocycles. The van der Waals surface area contributed by atoms with Gasteiger partial charge in [-0.05, 0) is 23.9 Å². The summed E-state index contributed by atoms with van der Waals surface area (Å²) in [7, 11) is 0. The quantitative estimate of drug-likeness (QED) is 0.339. The lowest BCUT2D eigenvalue weighted by Gasteiger charge is -2.02. The topological polar surface area (TPSA) is 59.4 Å². The monoisotopic (exact) mass is 298 g/mol. The molecule has 3 aromatic rings. The summed E-state index contributed by atoms with van der Waals surface area (Å²) < 4.78 is 0. The van der Waals surface area contributed by atoms with E-state index in [0.29, 0.717) is 12.4 Å². The van der Waals surface area contributed by atoms with Crippen molar-refractivity contribution in [3.05, 3.63) is 53.2 Å². The smallest absolute Gasteiger partial charge is 0.165 e. The Morgan fingerprint density at radius 1 is 1.24 bits per heavy atom. The van der Waals surface area contributed by atoms with E-state index in [1.807, 2.05) is 23.6 Å². The number of nitrogens with zero attached hydrogens (tertiary/aromatic N) is 3. The van der Waals surface area contributed by atoms with Crippen molar-refractivity contribution in [1.82, 2.24) is 15.4 Å². The third-order valence-electron chi connectivity index (χ3n) is 2.92. The number of benzene rings is 1. The van der Waals surface area contributed by atoms with Gasteiger partial charge in [0.15, 0.2) is 5.82 Å². The van der Waals surface area contributed by atoms with Gasteiger partial charge in [-0.3, -0.25) is 10.3 Å². The molecule has 6 heteroatoms. The number of aryl methyl sites for hydroxylation is 1. The molecule has 5 nitrogen and oxygen atoms in total. The molecule has 21 heavy (non-hydrogen) atoms. The third kappa shape index (κ3) is 3.42. The fourth-order valence-electron chi connectivity index (χ4n) is 1.81. The summed E-state index contributed by atoms with van der Waals surface area (Å²) in [5.74, 6) is 0.632. The number of hydrogen-bond acceptors (Lipinski definition) is 5. The molecule has 0 amide bonds. The van der Waals surface area contributed by atoms with Gasteiger partial charge >= 0.3 is 0 Å². The maximum absolute atomic E-state index is 5.33. The van der Waals surface area contributed by atoms with E-state index in [4.69, 9.17) is 4.84 Å². The number of hydrogen-bond donors (Lipinski definition) is 1. The molecule has 1 N–H and O–H groups in total. The number of hydroxylamine groups is 1. The van der Waals surface area contributed by atoms with Crippen LogP contribution in [0.2, 0.25) is 0 Å². The van der Waals surface area contributed by atoms with Crippen molar-refractivity contribution in [1.29, 1.82) is 0 Å². The molecule has 0 bridgehead atoms. The first-order valence-corrected chi connectivity index (χ1v) is 7.34. The van der Waals surface area contributed by atoms with E-state index in [0.717, 1.165) is 15.8 Å². The lowest BCUT2D eigenvalue weighted by Crippen LogP contribution is -2.11. The van der Waals surface area contributed by atoms with E-state index >= 15 is 0 Å². The third-order valence-corrected chi connectivity index (χ3v) is 3.74. The second-order valence-electron chi connectivity index (χ2n) is 4.49. The van der Waals surface area contributed by atoms with E-state index in [9.17, 15) is 0 Å². The van der Waals surface area contributed by atoms with Crippen molar-refractivity contribution < 1.29 is 4.84 Å². The van der Waals surface area contributed by atoms with Crippen molar-refractivity contribution in [3.8, 4) is 0 Å². The first kappa shape index (κ1) is 13.7. The van der Waals surface area contributed by atoms with E-state index in [2.05, 4.69) is 39.5 Å². The summed E-state index contributed by atoms with van der Waals surface area (Å²) in [6.07, 6.45) is 3.01. The van der Waals surface area contributed by atoms with Crippen molar-refractivity contribution in [2.45, 2.75) is 13.5 Å². The van der Waals surface area contributed by atoms with Gasteiger partial charge in [0, 0.05) is 0 Å². The fourth-order valence-corrected chi connectivity index (χ4v) is 2.54. The van der Waals surface area contributed by atoms with Crippen LogP contribution in [0, 0.1) is 6.92 Å². The predicted molar refractivity (Wildman–Crippen MR) is 84.7 cm³/mol. The van der Waals surface area contributed by atoms with Gasteiger partial charge in [0.25, 0.3) is 0 Å². The van der Waals surface area contributed by atoms with Gasteiger partial charge in [0.05, 0.1) is 12.0 Å². The number of nitrogens with one attached hydrogen (secondary N) is 1. The van der Waals surface area contributed by atoms with Crippen LogP contribution in [0.3, 0.4) is 0 Å². The van der Waals surface area contributed by atoms with Gasteiger partial charge in [0.2, 0.25) is 0 Å². The standard InChI is InChI=1S/C15H14N4OS/c1-11-2-4-12(5-3-11)8-20-19-10-17-14-13-6-7-21-15(13)18-9-16-14/h2-7,9-10H,8H2,1H3,(H,16,17,18,19). The van der Waals surface area contributed by atoms with Crippen LogP contribution in [-0.4, -0.2) is 16.3 Å². The van der Waals surface area contributed by atoms with Gasteiger partial charge < -0.3 is 0 Å². The summed E-state index contributed by atoms with van der Waals surface area (Å²) in [5, 5.41) is 2.92. The highest BCUT2D eigenvalue weighted by Gasteiger charge is 2.01. The Morgan fingerprint density at radius 2 is 2.10 bits per heavy atom.